The number of ether oxygens (including phenoxy) is 1. The van der Waals surface area contributed by atoms with Crippen LogP contribution in [0.5, 0.6) is 0 Å². The van der Waals surface area contributed by atoms with Crippen LogP contribution in [0.4, 0.5) is 0 Å². The molecule has 1 aromatic rings. The summed E-state index contributed by atoms with van der Waals surface area (Å²) in [4.78, 5) is 0. The normalized spacial score (nSPS) is 18.9. The zero-order valence-corrected chi connectivity index (χ0v) is 13.2. The minimum absolute atomic E-state index is 0.310. The molecule has 0 fully saturated rings. The van der Waals surface area contributed by atoms with Crippen molar-refractivity contribution < 1.29 is 4.74 Å². The van der Waals surface area contributed by atoms with Crippen molar-refractivity contribution in [3.05, 3.63) is 35.4 Å². The molecule has 112 valence electrons. The van der Waals surface area contributed by atoms with Crippen LogP contribution in [0.15, 0.2) is 24.3 Å². The molecule has 1 N–H and O–H groups in total. The second-order valence-corrected chi connectivity index (χ2v) is 7.01. The molecule has 0 aromatic heterocycles. The van der Waals surface area contributed by atoms with Gasteiger partial charge in [0.05, 0.1) is 12.7 Å². The van der Waals surface area contributed by atoms with Gasteiger partial charge in [-0.05, 0) is 48.8 Å². The average Bonchev–Trinajstić information content (AvgIpc) is 2.41. The van der Waals surface area contributed by atoms with Gasteiger partial charge in [-0.15, -0.1) is 0 Å². The largest absolute Gasteiger partial charge is 0.372 e. The fraction of sp³-hybridized carbons (Fsp3) is 0.667. The number of nitrogens with one attached hydrogen (secondary N) is 1. The topological polar surface area (TPSA) is 21.3 Å². The van der Waals surface area contributed by atoms with E-state index in [9.17, 15) is 0 Å². The summed E-state index contributed by atoms with van der Waals surface area (Å²) in [5.41, 5.74) is 3.30. The van der Waals surface area contributed by atoms with Crippen LogP contribution in [0.2, 0.25) is 0 Å². The standard InChI is InChI=1S/C18H29NO/c1-18(2,3)11-12-19-13-14-20-17-10-6-8-15-7-4-5-9-16(15)17/h4-5,7,9,17,19H,6,8,10-14H2,1-3H3. The molecule has 2 nitrogen and oxygen atoms in total. The van der Waals surface area contributed by atoms with Gasteiger partial charge in [-0.2, -0.15) is 0 Å². The first kappa shape index (κ1) is 15.5. The number of fused-ring (bicyclic) bond motifs is 1. The predicted octanol–water partition coefficient (Wildman–Crippen LogP) is 4.11. The molecule has 0 saturated carbocycles. The second-order valence-electron chi connectivity index (χ2n) is 7.01. The molecule has 0 bridgehead atoms. The van der Waals surface area contributed by atoms with Gasteiger partial charge in [0.15, 0.2) is 0 Å². The highest BCUT2D eigenvalue weighted by molar-refractivity contribution is 5.31. The Morgan fingerprint density at radius 3 is 2.80 bits per heavy atom. The Morgan fingerprint density at radius 1 is 1.20 bits per heavy atom. The van der Waals surface area contributed by atoms with Crippen molar-refractivity contribution in [3.8, 4) is 0 Å². The Labute approximate surface area is 123 Å². The van der Waals surface area contributed by atoms with Gasteiger partial charge in [-0.3, -0.25) is 0 Å². The third-order valence-corrected chi connectivity index (χ3v) is 3.96. The van der Waals surface area contributed by atoms with Gasteiger partial charge in [0.1, 0.15) is 0 Å². The number of hydrogen-bond donors (Lipinski definition) is 1. The Balaban J connectivity index is 1.68. The van der Waals surface area contributed by atoms with Crippen LogP contribution in [0.1, 0.15) is 57.3 Å². The molecule has 20 heavy (non-hydrogen) atoms. The summed E-state index contributed by atoms with van der Waals surface area (Å²) in [5, 5.41) is 3.48. The van der Waals surface area contributed by atoms with Crippen LogP contribution in [0, 0.1) is 5.41 Å². The highest BCUT2D eigenvalue weighted by Gasteiger charge is 2.19. The van der Waals surface area contributed by atoms with E-state index in [1.54, 1.807) is 0 Å². The molecule has 1 aliphatic rings. The number of hydrogen-bond acceptors (Lipinski definition) is 2. The summed E-state index contributed by atoms with van der Waals surface area (Å²) in [7, 11) is 0. The Bertz CT molecular complexity index is 408. The lowest BCUT2D eigenvalue weighted by Crippen LogP contribution is -2.25. The summed E-state index contributed by atoms with van der Waals surface area (Å²) < 4.78 is 6.08. The van der Waals surface area contributed by atoms with Crippen LogP contribution >= 0.6 is 0 Å². The van der Waals surface area contributed by atoms with E-state index in [0.717, 1.165) is 19.7 Å². The maximum absolute atomic E-state index is 6.08. The fourth-order valence-corrected chi connectivity index (χ4v) is 2.74. The zero-order chi connectivity index (χ0) is 14.4. The predicted molar refractivity (Wildman–Crippen MR) is 85.0 cm³/mol. The van der Waals surface area contributed by atoms with Crippen LogP contribution in [0.3, 0.4) is 0 Å². The first-order valence-electron chi connectivity index (χ1n) is 7.96. The van der Waals surface area contributed by atoms with Crippen molar-refractivity contribution in [2.24, 2.45) is 5.41 Å². The summed E-state index contributed by atoms with van der Waals surface area (Å²) in [6.07, 6.45) is 5.14. The second kappa shape index (κ2) is 7.24. The summed E-state index contributed by atoms with van der Waals surface area (Å²) >= 11 is 0. The van der Waals surface area contributed by atoms with Crippen LogP contribution in [0.25, 0.3) is 0 Å². The van der Waals surface area contributed by atoms with E-state index in [1.165, 1.54) is 36.8 Å². The van der Waals surface area contributed by atoms with Gasteiger partial charge in [0, 0.05) is 6.54 Å². The maximum atomic E-state index is 6.08. The first-order chi connectivity index (χ1) is 9.56. The molecule has 0 spiro atoms. The van der Waals surface area contributed by atoms with Gasteiger partial charge >= 0.3 is 0 Å². The van der Waals surface area contributed by atoms with Crippen molar-refractivity contribution in [1.29, 1.82) is 0 Å². The first-order valence-corrected chi connectivity index (χ1v) is 7.96. The lowest BCUT2D eigenvalue weighted by Gasteiger charge is -2.26. The van der Waals surface area contributed by atoms with Crippen molar-refractivity contribution in [1.82, 2.24) is 5.32 Å². The SMILES string of the molecule is CC(C)(C)CCNCCOC1CCCc2ccccc21. The smallest absolute Gasteiger partial charge is 0.0828 e. The van der Waals surface area contributed by atoms with E-state index in [0.29, 0.717) is 11.5 Å². The van der Waals surface area contributed by atoms with Crippen molar-refractivity contribution in [2.75, 3.05) is 19.7 Å². The van der Waals surface area contributed by atoms with E-state index in [2.05, 4.69) is 50.4 Å². The van der Waals surface area contributed by atoms with E-state index in [-0.39, 0.29) is 0 Å². The molecule has 2 rings (SSSR count). The molecule has 1 unspecified atom stereocenters. The van der Waals surface area contributed by atoms with E-state index in [4.69, 9.17) is 4.74 Å². The molecule has 0 saturated heterocycles. The Hall–Kier alpha value is -0.860. The van der Waals surface area contributed by atoms with E-state index in [1.807, 2.05) is 0 Å². The van der Waals surface area contributed by atoms with E-state index >= 15 is 0 Å². The number of rotatable bonds is 6. The lowest BCUT2D eigenvalue weighted by atomic mass is 9.89. The van der Waals surface area contributed by atoms with Gasteiger partial charge in [0.2, 0.25) is 0 Å². The monoisotopic (exact) mass is 275 g/mol. The number of benzene rings is 1. The van der Waals surface area contributed by atoms with Gasteiger partial charge < -0.3 is 10.1 Å². The van der Waals surface area contributed by atoms with Crippen molar-refractivity contribution >= 4 is 0 Å². The summed E-state index contributed by atoms with van der Waals surface area (Å²) in [6, 6.07) is 8.73. The minimum atomic E-state index is 0.310. The third kappa shape index (κ3) is 4.92. The van der Waals surface area contributed by atoms with Gasteiger partial charge in [0.25, 0.3) is 0 Å². The van der Waals surface area contributed by atoms with Crippen LogP contribution in [-0.4, -0.2) is 19.7 Å². The molecular formula is C18H29NO. The molecule has 0 heterocycles. The molecule has 1 aromatic carbocycles. The quantitative estimate of drug-likeness (QED) is 0.789. The van der Waals surface area contributed by atoms with Crippen LogP contribution in [-0.2, 0) is 11.2 Å². The van der Waals surface area contributed by atoms with Crippen LogP contribution < -0.4 is 5.32 Å². The molecular weight excluding hydrogens is 246 g/mol. The Kier molecular flexibility index (Phi) is 5.62. The summed E-state index contributed by atoms with van der Waals surface area (Å²) in [6.45, 7) is 9.68. The maximum Gasteiger partial charge on any atom is 0.0828 e. The van der Waals surface area contributed by atoms with E-state index < -0.39 is 0 Å². The molecule has 0 amide bonds. The van der Waals surface area contributed by atoms with Gasteiger partial charge in [-0.25, -0.2) is 0 Å². The zero-order valence-electron chi connectivity index (χ0n) is 13.2. The Morgan fingerprint density at radius 2 is 2.00 bits per heavy atom. The molecule has 2 heteroatoms. The fourth-order valence-electron chi connectivity index (χ4n) is 2.74. The number of aryl methyl sites for hydroxylation is 1. The highest BCUT2D eigenvalue weighted by atomic mass is 16.5. The average molecular weight is 275 g/mol. The lowest BCUT2D eigenvalue weighted by molar-refractivity contribution is 0.0425. The van der Waals surface area contributed by atoms with Crippen molar-refractivity contribution in [3.63, 3.8) is 0 Å². The molecule has 0 aliphatic heterocycles. The highest BCUT2D eigenvalue weighted by Crippen LogP contribution is 2.31. The third-order valence-electron chi connectivity index (χ3n) is 3.96. The van der Waals surface area contributed by atoms with Crippen molar-refractivity contribution in [2.45, 2.75) is 52.6 Å². The molecule has 1 atom stereocenters. The molecule has 0 radical (unpaired) electrons. The minimum Gasteiger partial charge on any atom is -0.372 e. The molecule has 1 aliphatic carbocycles. The summed E-state index contributed by atoms with van der Waals surface area (Å²) in [5.74, 6) is 0. The van der Waals surface area contributed by atoms with Gasteiger partial charge in [-0.1, -0.05) is 45.0 Å².